The number of fused-ring (bicyclic) bond motifs is 2. The molecule has 1 aliphatic heterocycles. The number of carbonyl (C=O) groups is 2. The van der Waals surface area contributed by atoms with Gasteiger partial charge in [0, 0.05) is 56.1 Å². The Morgan fingerprint density at radius 1 is 1.11 bits per heavy atom. The average molecular weight is 487 g/mol. The highest BCUT2D eigenvalue weighted by molar-refractivity contribution is 6.27. The number of furan rings is 1. The van der Waals surface area contributed by atoms with Gasteiger partial charge in [-0.05, 0) is 30.8 Å². The van der Waals surface area contributed by atoms with Crippen LogP contribution < -0.4 is 4.90 Å². The van der Waals surface area contributed by atoms with Crippen LogP contribution in [0.5, 0.6) is 0 Å². The zero-order valence-electron chi connectivity index (χ0n) is 19.9. The van der Waals surface area contributed by atoms with Gasteiger partial charge in [-0.2, -0.15) is 0 Å². The molecule has 1 N–H and O–H groups in total. The van der Waals surface area contributed by atoms with E-state index in [2.05, 4.69) is 10.1 Å². The first kappa shape index (κ1) is 22.5. The number of hydrogen-bond acceptors (Lipinski definition) is 8. The number of piperazine rings is 1. The fourth-order valence-corrected chi connectivity index (χ4v) is 5.22. The van der Waals surface area contributed by atoms with Crippen molar-refractivity contribution in [2.75, 3.05) is 51.3 Å². The van der Waals surface area contributed by atoms with E-state index < -0.39 is 0 Å². The zero-order valence-corrected chi connectivity index (χ0v) is 19.9. The number of benzene rings is 2. The van der Waals surface area contributed by atoms with Crippen LogP contribution in [0.1, 0.15) is 32.0 Å². The Morgan fingerprint density at radius 3 is 2.61 bits per heavy atom. The summed E-state index contributed by atoms with van der Waals surface area (Å²) in [6.07, 6.45) is 1.50. The maximum absolute atomic E-state index is 13.8. The van der Waals surface area contributed by atoms with Crippen molar-refractivity contribution >= 4 is 28.3 Å². The van der Waals surface area contributed by atoms with Crippen LogP contribution >= 0.6 is 0 Å². The second kappa shape index (κ2) is 8.92. The number of hydrogen-bond donors (Lipinski definition) is 1. The molecule has 1 amide bonds. The number of anilines is 1. The first-order valence-electron chi connectivity index (χ1n) is 12.0. The third kappa shape index (κ3) is 3.59. The van der Waals surface area contributed by atoms with Crippen LogP contribution in [0.15, 0.2) is 57.7 Å². The smallest absolute Gasteiger partial charge is 0.289 e. The van der Waals surface area contributed by atoms with Crippen molar-refractivity contribution in [3.63, 3.8) is 0 Å². The number of nitrogens with zero attached hydrogens (tertiary/aromatic N) is 4. The van der Waals surface area contributed by atoms with Crippen molar-refractivity contribution in [1.82, 2.24) is 15.0 Å². The van der Waals surface area contributed by atoms with Gasteiger partial charge in [0.15, 0.2) is 17.3 Å². The maximum Gasteiger partial charge on any atom is 0.289 e. The minimum atomic E-state index is -0.130. The molecule has 4 aromatic rings. The van der Waals surface area contributed by atoms with Crippen LogP contribution in [-0.4, -0.2) is 78.1 Å². The van der Waals surface area contributed by atoms with Crippen LogP contribution in [-0.2, 0) is 6.54 Å². The molecule has 2 aromatic carbocycles. The number of likely N-dealkylation sites (N-methyl/N-ethyl adjacent to an activating group) is 1. The molecule has 9 nitrogen and oxygen atoms in total. The van der Waals surface area contributed by atoms with Crippen molar-refractivity contribution in [2.45, 2.75) is 6.54 Å². The SMILES string of the molecule is CN(CCO)Cc1cc(N2CCN(C(=O)c3ccco3)CC2)c2c3c(onc13)-c1ccccc1C2=O. The highest BCUT2D eigenvalue weighted by Gasteiger charge is 2.35. The van der Waals surface area contributed by atoms with Crippen LogP contribution in [0, 0.1) is 0 Å². The average Bonchev–Trinajstić information content (AvgIpc) is 3.59. The zero-order chi connectivity index (χ0) is 24.8. The summed E-state index contributed by atoms with van der Waals surface area (Å²) >= 11 is 0. The van der Waals surface area contributed by atoms with Crippen molar-refractivity contribution in [1.29, 1.82) is 0 Å². The number of carbonyl (C=O) groups excluding carboxylic acids is 2. The molecule has 36 heavy (non-hydrogen) atoms. The summed E-state index contributed by atoms with van der Waals surface area (Å²) in [5, 5.41) is 14.5. The molecule has 0 atom stereocenters. The number of rotatable bonds is 6. The highest BCUT2D eigenvalue weighted by atomic mass is 16.5. The summed E-state index contributed by atoms with van der Waals surface area (Å²) in [5.74, 6) is 0.754. The first-order chi connectivity index (χ1) is 17.6. The highest BCUT2D eigenvalue weighted by Crippen LogP contribution is 2.44. The fraction of sp³-hybridized carbons (Fsp3) is 0.296. The maximum atomic E-state index is 13.8. The standard InChI is InChI=1S/C27H26N4O5/c1-29(12-13-32)16-17-15-20(30-8-10-31(11-9-30)27(34)21-7-4-14-35-21)22-23-24(17)28-36-26(23)19-6-3-2-5-18(19)25(22)33/h2-7,14-15,32H,8-13,16H2,1H3. The molecule has 0 spiro atoms. The van der Waals surface area contributed by atoms with E-state index in [0.29, 0.717) is 67.4 Å². The van der Waals surface area contributed by atoms with Gasteiger partial charge >= 0.3 is 0 Å². The second-order valence-electron chi connectivity index (χ2n) is 9.26. The molecule has 0 unspecified atom stereocenters. The lowest BCUT2D eigenvalue weighted by molar-refractivity contribution is 0.0714. The van der Waals surface area contributed by atoms with Gasteiger partial charge < -0.3 is 23.8 Å². The summed E-state index contributed by atoms with van der Waals surface area (Å²) in [7, 11) is 1.93. The van der Waals surface area contributed by atoms with Crippen LogP contribution in [0.2, 0.25) is 0 Å². The topological polar surface area (TPSA) is 103 Å². The Balaban J connectivity index is 1.42. The molecule has 1 aliphatic carbocycles. The largest absolute Gasteiger partial charge is 0.459 e. The Labute approximate surface area is 207 Å². The van der Waals surface area contributed by atoms with E-state index in [0.717, 1.165) is 22.2 Å². The van der Waals surface area contributed by atoms with Gasteiger partial charge in [0.25, 0.3) is 5.91 Å². The molecule has 9 heteroatoms. The molecule has 0 bridgehead atoms. The minimum absolute atomic E-state index is 0.0478. The lowest BCUT2D eigenvalue weighted by Crippen LogP contribution is -2.49. The lowest BCUT2D eigenvalue weighted by Gasteiger charge is -2.37. The molecule has 1 fully saturated rings. The monoisotopic (exact) mass is 486 g/mol. The number of aromatic nitrogens is 1. The summed E-state index contributed by atoms with van der Waals surface area (Å²) in [5.41, 5.74) is 4.36. The van der Waals surface area contributed by atoms with E-state index in [-0.39, 0.29) is 18.3 Å². The van der Waals surface area contributed by atoms with Gasteiger partial charge in [0.05, 0.1) is 23.8 Å². The summed E-state index contributed by atoms with van der Waals surface area (Å²) < 4.78 is 11.1. The van der Waals surface area contributed by atoms with Crippen LogP contribution in [0.4, 0.5) is 5.69 Å². The Kier molecular flexibility index (Phi) is 5.58. The Bertz CT molecular complexity index is 1450. The Hall–Kier alpha value is -3.95. The van der Waals surface area contributed by atoms with Gasteiger partial charge in [0.1, 0.15) is 5.52 Å². The van der Waals surface area contributed by atoms with E-state index in [9.17, 15) is 14.7 Å². The number of amides is 1. The summed E-state index contributed by atoms with van der Waals surface area (Å²) in [6, 6.07) is 12.9. The van der Waals surface area contributed by atoms with E-state index in [4.69, 9.17) is 8.94 Å². The van der Waals surface area contributed by atoms with Crippen molar-refractivity contribution in [2.24, 2.45) is 0 Å². The van der Waals surface area contributed by atoms with E-state index in [1.54, 1.807) is 17.0 Å². The molecule has 0 radical (unpaired) electrons. The quantitative estimate of drug-likeness (QED) is 0.391. The van der Waals surface area contributed by atoms with Gasteiger partial charge in [0.2, 0.25) is 0 Å². The lowest BCUT2D eigenvalue weighted by atomic mass is 9.85. The summed E-state index contributed by atoms with van der Waals surface area (Å²) in [4.78, 5) is 32.5. The molecule has 2 aromatic heterocycles. The van der Waals surface area contributed by atoms with Gasteiger partial charge in [-0.1, -0.05) is 29.4 Å². The third-order valence-corrected chi connectivity index (χ3v) is 7.02. The molecular formula is C27H26N4O5. The van der Waals surface area contributed by atoms with Gasteiger partial charge in [-0.3, -0.25) is 14.5 Å². The fourth-order valence-electron chi connectivity index (χ4n) is 5.22. The number of aliphatic hydroxyl groups excluding tert-OH is 1. The molecule has 184 valence electrons. The van der Waals surface area contributed by atoms with Crippen molar-refractivity contribution in [3.05, 3.63) is 71.2 Å². The molecular weight excluding hydrogens is 460 g/mol. The molecule has 6 rings (SSSR count). The van der Waals surface area contributed by atoms with Crippen LogP contribution in [0.3, 0.4) is 0 Å². The van der Waals surface area contributed by atoms with E-state index in [1.165, 1.54) is 6.26 Å². The molecule has 3 heterocycles. The molecule has 2 aliphatic rings. The van der Waals surface area contributed by atoms with Gasteiger partial charge in [-0.15, -0.1) is 0 Å². The predicted molar refractivity (Wildman–Crippen MR) is 133 cm³/mol. The minimum Gasteiger partial charge on any atom is -0.459 e. The molecule has 1 saturated heterocycles. The Morgan fingerprint density at radius 2 is 1.89 bits per heavy atom. The number of ketones is 1. The van der Waals surface area contributed by atoms with E-state index >= 15 is 0 Å². The third-order valence-electron chi connectivity index (χ3n) is 7.02. The van der Waals surface area contributed by atoms with Crippen molar-refractivity contribution in [3.8, 4) is 11.3 Å². The second-order valence-corrected chi connectivity index (χ2v) is 9.26. The number of aliphatic hydroxyl groups is 1. The first-order valence-corrected chi connectivity index (χ1v) is 12.0. The van der Waals surface area contributed by atoms with Crippen LogP contribution in [0.25, 0.3) is 22.2 Å². The normalized spacial score (nSPS) is 15.1. The molecule has 0 saturated carbocycles. The van der Waals surface area contributed by atoms with Crippen molar-refractivity contribution < 1.29 is 23.6 Å². The predicted octanol–water partition coefficient (Wildman–Crippen LogP) is 3.02. The summed E-state index contributed by atoms with van der Waals surface area (Å²) in [6.45, 7) is 3.28. The van der Waals surface area contributed by atoms with E-state index in [1.807, 2.05) is 42.3 Å². The van der Waals surface area contributed by atoms with Gasteiger partial charge in [-0.25, -0.2) is 0 Å².